The monoisotopic (exact) mass is 242 g/mol. The number of hydrogen-bond donors (Lipinski definition) is 2. The Kier molecular flexibility index (Phi) is 5.25. The van der Waals surface area contributed by atoms with E-state index >= 15 is 0 Å². The van der Waals surface area contributed by atoms with E-state index in [9.17, 15) is 4.79 Å². The summed E-state index contributed by atoms with van der Waals surface area (Å²) in [6.07, 6.45) is 1.99. The molecule has 2 atom stereocenters. The quantitative estimate of drug-likeness (QED) is 0.797. The number of alkyl carbamates (subject to hydrolysis) is 1. The summed E-state index contributed by atoms with van der Waals surface area (Å²) in [6, 6.07) is 0. The number of hydrogen-bond acceptors (Lipinski definition) is 3. The first kappa shape index (κ1) is 14.3. The third kappa shape index (κ3) is 5.39. The molecule has 1 fully saturated rings. The van der Waals surface area contributed by atoms with Crippen LogP contribution in [-0.4, -0.2) is 31.3 Å². The van der Waals surface area contributed by atoms with Gasteiger partial charge in [-0.2, -0.15) is 0 Å². The maximum atomic E-state index is 11.5. The summed E-state index contributed by atoms with van der Waals surface area (Å²) in [5, 5.41) is 6.28. The highest BCUT2D eigenvalue weighted by Gasteiger charge is 2.24. The Labute approximate surface area is 104 Å². The lowest BCUT2D eigenvalue weighted by Crippen LogP contribution is -2.43. The minimum atomic E-state index is -0.414. The highest BCUT2D eigenvalue weighted by atomic mass is 16.6. The number of rotatable bonds is 3. The fourth-order valence-electron chi connectivity index (χ4n) is 2.25. The van der Waals surface area contributed by atoms with Crippen LogP contribution in [0.4, 0.5) is 4.79 Å². The first-order chi connectivity index (χ1) is 7.92. The largest absolute Gasteiger partial charge is 0.444 e. The third-order valence-electron chi connectivity index (χ3n) is 3.20. The standard InChI is InChI=1S/C13H26N2O2/c1-5-10-8-14-7-6-11(10)9-15-12(16)17-13(2,3)4/h10-11,14H,5-9H2,1-4H3,(H,15,16). The molecule has 1 amide bonds. The van der Waals surface area contributed by atoms with Crippen molar-refractivity contribution in [3.63, 3.8) is 0 Å². The summed E-state index contributed by atoms with van der Waals surface area (Å²) in [7, 11) is 0. The minimum absolute atomic E-state index is 0.300. The Balaban J connectivity index is 2.31. The number of nitrogens with one attached hydrogen (secondary N) is 2. The first-order valence-corrected chi connectivity index (χ1v) is 6.60. The van der Waals surface area contributed by atoms with E-state index in [4.69, 9.17) is 4.74 Å². The maximum absolute atomic E-state index is 11.5. The van der Waals surface area contributed by atoms with Gasteiger partial charge in [0.1, 0.15) is 5.60 Å². The second-order valence-corrected chi connectivity index (χ2v) is 5.80. The molecule has 4 heteroatoms. The van der Waals surface area contributed by atoms with Gasteiger partial charge in [0.25, 0.3) is 0 Å². The molecule has 1 aliphatic heterocycles. The summed E-state index contributed by atoms with van der Waals surface area (Å²) in [4.78, 5) is 11.5. The van der Waals surface area contributed by atoms with Crippen molar-refractivity contribution in [3.05, 3.63) is 0 Å². The van der Waals surface area contributed by atoms with Crippen LogP contribution >= 0.6 is 0 Å². The molecule has 0 aromatic carbocycles. The average molecular weight is 242 g/mol. The number of ether oxygens (including phenoxy) is 1. The van der Waals surface area contributed by atoms with Crippen molar-refractivity contribution in [2.24, 2.45) is 11.8 Å². The number of carbonyl (C=O) groups excluding carboxylic acids is 1. The summed E-state index contributed by atoms with van der Waals surface area (Å²) >= 11 is 0. The molecule has 1 heterocycles. The van der Waals surface area contributed by atoms with Gasteiger partial charge in [0.2, 0.25) is 0 Å². The van der Waals surface area contributed by atoms with Gasteiger partial charge < -0.3 is 15.4 Å². The first-order valence-electron chi connectivity index (χ1n) is 6.60. The molecule has 4 nitrogen and oxygen atoms in total. The molecule has 0 aromatic rings. The highest BCUT2D eigenvalue weighted by molar-refractivity contribution is 5.67. The summed E-state index contributed by atoms with van der Waals surface area (Å²) in [6.45, 7) is 10.7. The van der Waals surface area contributed by atoms with Gasteiger partial charge in [0.05, 0.1) is 0 Å². The van der Waals surface area contributed by atoms with Crippen LogP contribution in [-0.2, 0) is 4.74 Å². The molecule has 0 saturated carbocycles. The van der Waals surface area contributed by atoms with Crippen molar-refractivity contribution in [3.8, 4) is 0 Å². The average Bonchev–Trinajstić information content (AvgIpc) is 2.24. The topological polar surface area (TPSA) is 50.4 Å². The van der Waals surface area contributed by atoms with Crippen molar-refractivity contribution in [1.29, 1.82) is 0 Å². The molecule has 1 aliphatic rings. The van der Waals surface area contributed by atoms with E-state index in [1.165, 1.54) is 0 Å². The number of amides is 1. The van der Waals surface area contributed by atoms with Gasteiger partial charge in [-0.3, -0.25) is 0 Å². The van der Waals surface area contributed by atoms with Crippen LogP contribution in [0.1, 0.15) is 40.5 Å². The molecule has 0 radical (unpaired) electrons. The summed E-state index contributed by atoms with van der Waals surface area (Å²) < 4.78 is 5.23. The maximum Gasteiger partial charge on any atom is 0.407 e. The third-order valence-corrected chi connectivity index (χ3v) is 3.20. The number of piperidine rings is 1. The van der Waals surface area contributed by atoms with E-state index < -0.39 is 5.60 Å². The van der Waals surface area contributed by atoms with Gasteiger partial charge >= 0.3 is 6.09 Å². The van der Waals surface area contributed by atoms with E-state index in [0.29, 0.717) is 11.8 Å². The van der Waals surface area contributed by atoms with Gasteiger partial charge in [0.15, 0.2) is 0 Å². The second-order valence-electron chi connectivity index (χ2n) is 5.80. The van der Waals surface area contributed by atoms with Gasteiger partial charge in [-0.1, -0.05) is 13.3 Å². The molecule has 0 aromatic heterocycles. The Hall–Kier alpha value is -0.770. The van der Waals surface area contributed by atoms with E-state index in [2.05, 4.69) is 17.6 Å². The van der Waals surface area contributed by atoms with Crippen molar-refractivity contribution < 1.29 is 9.53 Å². The lowest BCUT2D eigenvalue weighted by molar-refractivity contribution is 0.0507. The Morgan fingerprint density at radius 2 is 2.12 bits per heavy atom. The molecular weight excluding hydrogens is 216 g/mol. The van der Waals surface area contributed by atoms with Gasteiger partial charge in [-0.05, 0) is 52.1 Å². The Morgan fingerprint density at radius 1 is 1.41 bits per heavy atom. The smallest absolute Gasteiger partial charge is 0.407 e. The van der Waals surface area contributed by atoms with E-state index in [0.717, 1.165) is 32.5 Å². The fraction of sp³-hybridized carbons (Fsp3) is 0.923. The van der Waals surface area contributed by atoms with Crippen LogP contribution in [0.2, 0.25) is 0 Å². The van der Waals surface area contributed by atoms with Crippen molar-refractivity contribution in [2.45, 2.75) is 46.1 Å². The molecule has 0 bridgehead atoms. The second kappa shape index (κ2) is 6.24. The number of carbonyl (C=O) groups is 1. The van der Waals surface area contributed by atoms with Crippen LogP contribution < -0.4 is 10.6 Å². The molecular formula is C13H26N2O2. The summed E-state index contributed by atoms with van der Waals surface area (Å²) in [5.74, 6) is 1.24. The van der Waals surface area contributed by atoms with Gasteiger partial charge in [-0.25, -0.2) is 4.79 Å². The Bertz CT molecular complexity index is 248. The van der Waals surface area contributed by atoms with Crippen LogP contribution in [0.15, 0.2) is 0 Å². The predicted molar refractivity (Wildman–Crippen MR) is 69.0 cm³/mol. The van der Waals surface area contributed by atoms with Crippen molar-refractivity contribution in [1.82, 2.24) is 10.6 Å². The zero-order valence-corrected chi connectivity index (χ0v) is 11.5. The van der Waals surface area contributed by atoms with Gasteiger partial charge in [0, 0.05) is 6.54 Å². The lowest BCUT2D eigenvalue weighted by Gasteiger charge is -2.31. The zero-order valence-electron chi connectivity index (χ0n) is 11.5. The van der Waals surface area contributed by atoms with Crippen LogP contribution in [0.25, 0.3) is 0 Å². The molecule has 1 rings (SSSR count). The van der Waals surface area contributed by atoms with E-state index in [1.807, 2.05) is 20.8 Å². The van der Waals surface area contributed by atoms with Crippen LogP contribution in [0.5, 0.6) is 0 Å². The van der Waals surface area contributed by atoms with Gasteiger partial charge in [-0.15, -0.1) is 0 Å². The SMILES string of the molecule is CCC1CNCCC1CNC(=O)OC(C)(C)C. The Morgan fingerprint density at radius 3 is 2.71 bits per heavy atom. The van der Waals surface area contributed by atoms with Crippen LogP contribution in [0, 0.1) is 11.8 Å². The van der Waals surface area contributed by atoms with Crippen molar-refractivity contribution in [2.75, 3.05) is 19.6 Å². The minimum Gasteiger partial charge on any atom is -0.444 e. The highest BCUT2D eigenvalue weighted by Crippen LogP contribution is 2.21. The van der Waals surface area contributed by atoms with Crippen molar-refractivity contribution >= 4 is 6.09 Å². The molecule has 0 aliphatic carbocycles. The lowest BCUT2D eigenvalue weighted by atomic mass is 9.84. The fourth-order valence-corrected chi connectivity index (χ4v) is 2.25. The molecule has 2 N–H and O–H groups in total. The molecule has 2 unspecified atom stereocenters. The molecule has 17 heavy (non-hydrogen) atoms. The molecule has 0 spiro atoms. The normalized spacial score (nSPS) is 25.4. The zero-order chi connectivity index (χ0) is 12.9. The predicted octanol–water partition coefficient (Wildman–Crippen LogP) is 2.15. The van der Waals surface area contributed by atoms with E-state index in [-0.39, 0.29) is 6.09 Å². The molecule has 1 saturated heterocycles. The van der Waals surface area contributed by atoms with E-state index in [1.54, 1.807) is 0 Å². The van der Waals surface area contributed by atoms with Crippen LogP contribution in [0.3, 0.4) is 0 Å². The molecule has 100 valence electrons. The summed E-state index contributed by atoms with van der Waals surface area (Å²) in [5.41, 5.74) is -0.414.